The number of guanidine groups is 1. The van der Waals surface area contributed by atoms with Crippen molar-refractivity contribution in [1.82, 2.24) is 20.4 Å². The first-order valence-corrected chi connectivity index (χ1v) is 10.0. The molecule has 0 saturated carbocycles. The molecule has 1 aliphatic rings. The van der Waals surface area contributed by atoms with Crippen LogP contribution in [-0.2, 0) is 11.3 Å². The number of aliphatic imine (C=N–C) groups is 1. The molecule has 0 spiro atoms. The number of rotatable bonds is 7. The number of ether oxygens (including phenoxy) is 1. The zero-order chi connectivity index (χ0) is 20.5. The third kappa shape index (κ3) is 7.13. The summed E-state index contributed by atoms with van der Waals surface area (Å²) in [5.41, 5.74) is 1.80. The van der Waals surface area contributed by atoms with Crippen molar-refractivity contribution in [3.8, 4) is 0 Å². The van der Waals surface area contributed by atoms with Crippen LogP contribution in [0.15, 0.2) is 29.3 Å². The van der Waals surface area contributed by atoms with Crippen molar-refractivity contribution in [3.05, 3.63) is 35.4 Å². The largest absolute Gasteiger partial charge is 0.373 e. The Morgan fingerprint density at radius 1 is 1.18 bits per heavy atom. The van der Waals surface area contributed by atoms with E-state index in [1.807, 2.05) is 24.3 Å². The highest BCUT2D eigenvalue weighted by Crippen LogP contribution is 2.10. The summed E-state index contributed by atoms with van der Waals surface area (Å²) >= 11 is 0. The van der Waals surface area contributed by atoms with Crippen molar-refractivity contribution < 1.29 is 9.53 Å². The molecule has 0 aromatic heterocycles. The Bertz CT molecular complexity index is 635. The van der Waals surface area contributed by atoms with E-state index in [4.69, 9.17) is 4.74 Å². The van der Waals surface area contributed by atoms with Gasteiger partial charge in [0.1, 0.15) is 0 Å². The van der Waals surface area contributed by atoms with Crippen LogP contribution in [0.25, 0.3) is 0 Å². The van der Waals surface area contributed by atoms with Crippen LogP contribution in [-0.4, -0.2) is 81.2 Å². The fraction of sp³-hybridized carbons (Fsp3) is 0.619. The van der Waals surface area contributed by atoms with Crippen LogP contribution < -0.4 is 10.6 Å². The number of nitrogens with one attached hydrogen (secondary N) is 2. The number of hydrogen-bond donors (Lipinski definition) is 2. The SMILES string of the molecule is CN=C(NCCCN1CC(C)OC(C)C1)NCc1ccc(C(=O)N(C)C)cc1. The maximum atomic E-state index is 11.9. The Labute approximate surface area is 169 Å². The first-order chi connectivity index (χ1) is 13.4. The number of morpholine rings is 1. The lowest BCUT2D eigenvalue weighted by atomic mass is 10.1. The van der Waals surface area contributed by atoms with E-state index in [0.717, 1.165) is 44.1 Å². The fourth-order valence-corrected chi connectivity index (χ4v) is 3.41. The number of carbonyl (C=O) groups excluding carboxylic acids is 1. The van der Waals surface area contributed by atoms with Gasteiger partial charge in [0.05, 0.1) is 12.2 Å². The van der Waals surface area contributed by atoms with Gasteiger partial charge < -0.3 is 20.3 Å². The Balaban J connectivity index is 1.69. The second-order valence-corrected chi connectivity index (χ2v) is 7.62. The molecule has 0 aliphatic carbocycles. The van der Waals surface area contributed by atoms with E-state index in [0.29, 0.717) is 24.3 Å². The number of nitrogens with zero attached hydrogens (tertiary/aromatic N) is 3. The van der Waals surface area contributed by atoms with Crippen molar-refractivity contribution in [1.29, 1.82) is 0 Å². The van der Waals surface area contributed by atoms with Gasteiger partial charge in [0.2, 0.25) is 0 Å². The molecule has 1 heterocycles. The van der Waals surface area contributed by atoms with Gasteiger partial charge in [0, 0.05) is 59.4 Å². The molecule has 156 valence electrons. The molecule has 1 saturated heterocycles. The third-order valence-corrected chi connectivity index (χ3v) is 4.73. The molecule has 1 aliphatic heterocycles. The first kappa shape index (κ1) is 22.2. The molecule has 1 aromatic carbocycles. The van der Waals surface area contributed by atoms with Gasteiger partial charge >= 0.3 is 0 Å². The predicted molar refractivity (Wildman–Crippen MR) is 114 cm³/mol. The van der Waals surface area contributed by atoms with Gasteiger partial charge in [0.15, 0.2) is 5.96 Å². The van der Waals surface area contributed by atoms with E-state index in [2.05, 4.69) is 34.4 Å². The molecule has 1 aromatic rings. The molecule has 2 atom stereocenters. The second-order valence-electron chi connectivity index (χ2n) is 7.62. The summed E-state index contributed by atoms with van der Waals surface area (Å²) in [7, 11) is 5.29. The van der Waals surface area contributed by atoms with Crippen molar-refractivity contribution >= 4 is 11.9 Å². The van der Waals surface area contributed by atoms with E-state index in [1.54, 1.807) is 26.0 Å². The smallest absolute Gasteiger partial charge is 0.253 e. The van der Waals surface area contributed by atoms with E-state index in [9.17, 15) is 4.79 Å². The summed E-state index contributed by atoms with van der Waals surface area (Å²) in [6, 6.07) is 7.66. The van der Waals surface area contributed by atoms with Crippen LogP contribution in [0.5, 0.6) is 0 Å². The number of carbonyl (C=O) groups is 1. The minimum Gasteiger partial charge on any atom is -0.373 e. The maximum absolute atomic E-state index is 11.9. The standard InChI is InChI=1S/C21H35N5O2/c1-16-14-26(15-17(2)28-16)12-6-11-23-21(22-3)24-13-18-7-9-19(10-8-18)20(27)25(4)5/h7-10,16-17H,6,11-15H2,1-5H3,(H2,22,23,24). The van der Waals surface area contributed by atoms with Crippen LogP contribution in [0.4, 0.5) is 0 Å². The lowest BCUT2D eigenvalue weighted by Crippen LogP contribution is -2.46. The molecule has 2 N–H and O–H groups in total. The van der Waals surface area contributed by atoms with Crippen LogP contribution in [0, 0.1) is 0 Å². The summed E-state index contributed by atoms with van der Waals surface area (Å²) < 4.78 is 5.78. The van der Waals surface area contributed by atoms with Crippen LogP contribution >= 0.6 is 0 Å². The Kier molecular flexibility index (Phi) is 8.73. The Morgan fingerprint density at radius 3 is 2.39 bits per heavy atom. The van der Waals surface area contributed by atoms with Crippen molar-refractivity contribution in [2.45, 2.75) is 39.0 Å². The third-order valence-electron chi connectivity index (χ3n) is 4.73. The van der Waals surface area contributed by atoms with Crippen molar-refractivity contribution in [2.75, 3.05) is 47.3 Å². The minimum atomic E-state index is 0.0149. The van der Waals surface area contributed by atoms with Crippen LogP contribution in [0.1, 0.15) is 36.2 Å². The van der Waals surface area contributed by atoms with Gasteiger partial charge in [-0.05, 0) is 38.0 Å². The summed E-state index contributed by atoms with van der Waals surface area (Å²) in [6.07, 6.45) is 1.68. The van der Waals surface area contributed by atoms with Crippen molar-refractivity contribution in [3.63, 3.8) is 0 Å². The van der Waals surface area contributed by atoms with E-state index in [1.165, 1.54) is 0 Å². The van der Waals surface area contributed by atoms with Gasteiger partial charge in [-0.3, -0.25) is 14.7 Å². The van der Waals surface area contributed by atoms with E-state index >= 15 is 0 Å². The molecule has 2 rings (SSSR count). The van der Waals surface area contributed by atoms with Crippen LogP contribution in [0.3, 0.4) is 0 Å². The number of benzene rings is 1. The quantitative estimate of drug-likeness (QED) is 0.421. The summed E-state index contributed by atoms with van der Waals surface area (Å²) in [4.78, 5) is 20.3. The van der Waals surface area contributed by atoms with Gasteiger partial charge in [-0.15, -0.1) is 0 Å². The summed E-state index contributed by atoms with van der Waals surface area (Å²) in [5.74, 6) is 0.804. The highest BCUT2D eigenvalue weighted by Gasteiger charge is 2.21. The number of hydrogen-bond acceptors (Lipinski definition) is 4. The maximum Gasteiger partial charge on any atom is 0.253 e. The molecule has 1 amide bonds. The molecule has 0 bridgehead atoms. The van der Waals surface area contributed by atoms with Gasteiger partial charge in [-0.1, -0.05) is 12.1 Å². The normalized spacial score (nSPS) is 20.7. The Morgan fingerprint density at radius 2 is 1.82 bits per heavy atom. The minimum absolute atomic E-state index is 0.0149. The van der Waals surface area contributed by atoms with Crippen LogP contribution in [0.2, 0.25) is 0 Å². The molecule has 28 heavy (non-hydrogen) atoms. The molecule has 7 heteroatoms. The van der Waals surface area contributed by atoms with Crippen molar-refractivity contribution in [2.24, 2.45) is 4.99 Å². The molecule has 2 unspecified atom stereocenters. The molecule has 7 nitrogen and oxygen atoms in total. The monoisotopic (exact) mass is 389 g/mol. The molecular formula is C21H35N5O2. The summed E-state index contributed by atoms with van der Waals surface area (Å²) in [5, 5.41) is 6.69. The molecule has 0 radical (unpaired) electrons. The highest BCUT2D eigenvalue weighted by molar-refractivity contribution is 5.93. The lowest BCUT2D eigenvalue weighted by molar-refractivity contribution is -0.0679. The zero-order valence-corrected chi connectivity index (χ0v) is 17.9. The molecule has 1 fully saturated rings. The summed E-state index contributed by atoms with van der Waals surface area (Å²) in [6.45, 7) is 8.87. The molecular weight excluding hydrogens is 354 g/mol. The average Bonchev–Trinajstić information content (AvgIpc) is 2.66. The average molecular weight is 390 g/mol. The zero-order valence-electron chi connectivity index (χ0n) is 17.9. The van der Waals surface area contributed by atoms with Gasteiger partial charge in [-0.25, -0.2) is 0 Å². The first-order valence-electron chi connectivity index (χ1n) is 10.0. The van der Waals surface area contributed by atoms with E-state index < -0.39 is 0 Å². The topological polar surface area (TPSA) is 69.2 Å². The Hall–Kier alpha value is -2.12. The number of amides is 1. The van der Waals surface area contributed by atoms with E-state index in [-0.39, 0.29) is 5.91 Å². The van der Waals surface area contributed by atoms with Gasteiger partial charge in [0.25, 0.3) is 5.91 Å². The lowest BCUT2D eigenvalue weighted by Gasteiger charge is -2.35. The highest BCUT2D eigenvalue weighted by atomic mass is 16.5. The predicted octanol–water partition coefficient (Wildman–Crippen LogP) is 1.55. The fourth-order valence-electron chi connectivity index (χ4n) is 3.41. The second kappa shape index (κ2) is 11.0. The van der Waals surface area contributed by atoms with Gasteiger partial charge in [-0.2, -0.15) is 0 Å².